The largest absolute Gasteiger partial charge is 0.482 e. The molecule has 7 heteroatoms. The second kappa shape index (κ2) is 8.57. The number of hydrogen-bond donors (Lipinski definition) is 1. The van der Waals surface area contributed by atoms with Crippen molar-refractivity contribution in [3.05, 3.63) is 58.1 Å². The van der Waals surface area contributed by atoms with Crippen molar-refractivity contribution in [2.45, 2.75) is 6.92 Å². The van der Waals surface area contributed by atoms with Crippen LogP contribution in [0.25, 0.3) is 0 Å². The van der Waals surface area contributed by atoms with Crippen LogP contribution in [-0.4, -0.2) is 25.1 Å². The fraction of sp³-hybridized carbons (Fsp3) is 0.176. The molecule has 1 N–H and O–H groups in total. The zero-order chi connectivity index (χ0) is 17.5. The van der Waals surface area contributed by atoms with Gasteiger partial charge in [0.1, 0.15) is 5.75 Å². The van der Waals surface area contributed by atoms with Crippen LogP contribution in [-0.2, 0) is 9.53 Å². The fourth-order valence-electron chi connectivity index (χ4n) is 1.85. The Morgan fingerprint density at radius 3 is 2.50 bits per heavy atom. The standard InChI is InChI=1S/C17H15Cl2NO4/c1-2-23-17(22)11-7-8-14(13(19)9-11)20-16(21)10-24-15-6-4-3-5-12(15)18/h3-9H,2,10H2,1H3,(H,20,21). The van der Waals surface area contributed by atoms with Crippen molar-refractivity contribution in [1.82, 2.24) is 0 Å². The maximum Gasteiger partial charge on any atom is 0.338 e. The van der Waals surface area contributed by atoms with Gasteiger partial charge in [-0.05, 0) is 37.3 Å². The van der Waals surface area contributed by atoms with Crippen molar-refractivity contribution in [3.8, 4) is 5.75 Å². The van der Waals surface area contributed by atoms with Crippen molar-refractivity contribution in [1.29, 1.82) is 0 Å². The molecule has 0 saturated heterocycles. The number of anilines is 1. The van der Waals surface area contributed by atoms with E-state index in [9.17, 15) is 9.59 Å². The van der Waals surface area contributed by atoms with Crippen molar-refractivity contribution in [2.75, 3.05) is 18.5 Å². The molecule has 0 radical (unpaired) electrons. The van der Waals surface area contributed by atoms with Crippen molar-refractivity contribution < 1.29 is 19.1 Å². The second-order valence-electron chi connectivity index (χ2n) is 4.68. The Bertz CT molecular complexity index is 749. The van der Waals surface area contributed by atoms with E-state index in [0.29, 0.717) is 22.0 Å². The molecule has 2 aromatic carbocycles. The lowest BCUT2D eigenvalue weighted by molar-refractivity contribution is -0.118. The summed E-state index contributed by atoms with van der Waals surface area (Å²) in [6.45, 7) is 1.76. The number of para-hydroxylation sites is 1. The SMILES string of the molecule is CCOC(=O)c1ccc(NC(=O)COc2ccccc2Cl)c(Cl)c1. The molecule has 0 saturated carbocycles. The maximum atomic E-state index is 11.9. The van der Waals surface area contributed by atoms with Crippen LogP contribution in [0.4, 0.5) is 5.69 Å². The molecule has 0 fully saturated rings. The van der Waals surface area contributed by atoms with E-state index in [0.717, 1.165) is 0 Å². The van der Waals surface area contributed by atoms with E-state index in [2.05, 4.69) is 5.32 Å². The minimum absolute atomic E-state index is 0.223. The highest BCUT2D eigenvalue weighted by Crippen LogP contribution is 2.25. The van der Waals surface area contributed by atoms with Gasteiger partial charge in [0.25, 0.3) is 5.91 Å². The third-order valence-corrected chi connectivity index (χ3v) is 3.57. The highest BCUT2D eigenvalue weighted by atomic mass is 35.5. The number of ether oxygens (including phenoxy) is 2. The van der Waals surface area contributed by atoms with E-state index in [4.69, 9.17) is 32.7 Å². The van der Waals surface area contributed by atoms with E-state index in [-0.39, 0.29) is 18.2 Å². The Balaban J connectivity index is 1.96. The predicted octanol–water partition coefficient (Wildman–Crippen LogP) is 4.19. The smallest absolute Gasteiger partial charge is 0.338 e. The number of nitrogens with one attached hydrogen (secondary N) is 1. The lowest BCUT2D eigenvalue weighted by Gasteiger charge is -2.10. The van der Waals surface area contributed by atoms with Crippen LogP contribution in [0.1, 0.15) is 17.3 Å². The normalized spacial score (nSPS) is 10.1. The fourth-order valence-corrected chi connectivity index (χ4v) is 2.27. The average molecular weight is 368 g/mol. The lowest BCUT2D eigenvalue weighted by Crippen LogP contribution is -2.20. The molecule has 5 nitrogen and oxygen atoms in total. The molecule has 0 spiro atoms. The molecular weight excluding hydrogens is 353 g/mol. The summed E-state index contributed by atoms with van der Waals surface area (Å²) in [5.41, 5.74) is 0.685. The van der Waals surface area contributed by atoms with E-state index < -0.39 is 11.9 Å². The zero-order valence-electron chi connectivity index (χ0n) is 12.8. The number of amides is 1. The third-order valence-electron chi connectivity index (χ3n) is 2.95. The second-order valence-corrected chi connectivity index (χ2v) is 5.50. The highest BCUT2D eigenvalue weighted by molar-refractivity contribution is 6.34. The molecule has 0 aliphatic rings. The molecule has 24 heavy (non-hydrogen) atoms. The number of benzene rings is 2. The minimum Gasteiger partial charge on any atom is -0.482 e. The molecule has 2 aromatic rings. The molecular formula is C17H15Cl2NO4. The van der Waals surface area contributed by atoms with Gasteiger partial charge in [-0.3, -0.25) is 4.79 Å². The summed E-state index contributed by atoms with van der Waals surface area (Å²) < 4.78 is 10.2. The average Bonchev–Trinajstić information content (AvgIpc) is 2.56. The van der Waals surface area contributed by atoms with Crippen molar-refractivity contribution in [2.24, 2.45) is 0 Å². The van der Waals surface area contributed by atoms with Gasteiger partial charge in [-0.25, -0.2) is 4.79 Å². The third kappa shape index (κ3) is 4.88. The van der Waals surface area contributed by atoms with E-state index in [1.807, 2.05) is 0 Å². The number of carbonyl (C=O) groups excluding carboxylic acids is 2. The Kier molecular flexibility index (Phi) is 6.46. The van der Waals surface area contributed by atoms with Crippen LogP contribution in [0.15, 0.2) is 42.5 Å². The summed E-state index contributed by atoms with van der Waals surface area (Å²) in [5.74, 6) is -0.460. The van der Waals surface area contributed by atoms with E-state index >= 15 is 0 Å². The van der Waals surface area contributed by atoms with E-state index in [1.54, 1.807) is 31.2 Å². The topological polar surface area (TPSA) is 64.6 Å². The summed E-state index contributed by atoms with van der Waals surface area (Å²) in [4.78, 5) is 23.6. The number of hydrogen-bond acceptors (Lipinski definition) is 4. The first-order valence-corrected chi connectivity index (χ1v) is 7.90. The number of halogens is 2. The molecule has 0 heterocycles. The van der Waals surface area contributed by atoms with Gasteiger partial charge in [0.15, 0.2) is 6.61 Å². The Labute approximate surface area is 149 Å². The predicted molar refractivity (Wildman–Crippen MR) is 93.0 cm³/mol. The molecule has 0 aliphatic heterocycles. The van der Waals surface area contributed by atoms with Gasteiger partial charge in [-0.2, -0.15) is 0 Å². The van der Waals surface area contributed by atoms with Crippen LogP contribution in [0, 0.1) is 0 Å². The Morgan fingerprint density at radius 1 is 1.08 bits per heavy atom. The zero-order valence-corrected chi connectivity index (χ0v) is 14.4. The Morgan fingerprint density at radius 2 is 1.83 bits per heavy atom. The van der Waals surface area contributed by atoms with Gasteiger partial charge in [0.05, 0.1) is 27.9 Å². The summed E-state index contributed by atoms with van der Waals surface area (Å²) >= 11 is 12.0. The highest BCUT2D eigenvalue weighted by Gasteiger charge is 2.12. The molecule has 0 bridgehead atoms. The van der Waals surface area contributed by atoms with Crippen molar-refractivity contribution in [3.63, 3.8) is 0 Å². The molecule has 2 rings (SSSR count). The van der Waals surface area contributed by atoms with E-state index in [1.165, 1.54) is 18.2 Å². The minimum atomic E-state index is -0.473. The number of rotatable bonds is 6. The lowest BCUT2D eigenvalue weighted by atomic mass is 10.2. The van der Waals surface area contributed by atoms with Crippen LogP contribution in [0.5, 0.6) is 5.75 Å². The van der Waals surface area contributed by atoms with Crippen LogP contribution in [0.2, 0.25) is 10.0 Å². The van der Waals surface area contributed by atoms with Crippen molar-refractivity contribution >= 4 is 40.8 Å². The van der Waals surface area contributed by atoms with Gasteiger partial charge >= 0.3 is 5.97 Å². The van der Waals surface area contributed by atoms with Crippen LogP contribution >= 0.6 is 23.2 Å². The van der Waals surface area contributed by atoms with Gasteiger partial charge in [-0.15, -0.1) is 0 Å². The summed E-state index contributed by atoms with van der Waals surface area (Å²) in [7, 11) is 0. The van der Waals surface area contributed by atoms with Gasteiger partial charge in [0, 0.05) is 0 Å². The van der Waals surface area contributed by atoms with Gasteiger partial charge < -0.3 is 14.8 Å². The summed E-state index contributed by atoms with van der Waals surface area (Å²) in [6, 6.07) is 11.3. The number of esters is 1. The number of carbonyl (C=O) groups is 2. The first-order valence-electron chi connectivity index (χ1n) is 7.15. The summed E-state index contributed by atoms with van der Waals surface area (Å²) in [5, 5.41) is 3.25. The van der Waals surface area contributed by atoms with Crippen LogP contribution < -0.4 is 10.1 Å². The maximum absolute atomic E-state index is 11.9. The monoisotopic (exact) mass is 367 g/mol. The first-order chi connectivity index (χ1) is 11.5. The first kappa shape index (κ1) is 18.1. The molecule has 0 atom stereocenters. The molecule has 126 valence electrons. The quantitative estimate of drug-likeness (QED) is 0.777. The van der Waals surface area contributed by atoms with Crippen LogP contribution in [0.3, 0.4) is 0 Å². The molecule has 0 aliphatic carbocycles. The van der Waals surface area contributed by atoms with Gasteiger partial charge in [0.2, 0.25) is 0 Å². The van der Waals surface area contributed by atoms with Gasteiger partial charge in [-0.1, -0.05) is 35.3 Å². The Hall–Kier alpha value is -2.24. The molecule has 1 amide bonds. The molecule has 0 aromatic heterocycles. The summed E-state index contributed by atoms with van der Waals surface area (Å²) in [6.07, 6.45) is 0. The molecule has 0 unspecified atom stereocenters.